The highest BCUT2D eigenvalue weighted by molar-refractivity contribution is 7.99. The Bertz CT molecular complexity index is 890. The van der Waals surface area contributed by atoms with E-state index in [1.807, 2.05) is 10.6 Å². The van der Waals surface area contributed by atoms with E-state index in [0.717, 1.165) is 0 Å². The van der Waals surface area contributed by atoms with Gasteiger partial charge in [-0.05, 0) is 24.5 Å². The third-order valence-corrected chi connectivity index (χ3v) is 7.18. The zero-order valence-electron chi connectivity index (χ0n) is 15.7. The van der Waals surface area contributed by atoms with Crippen molar-refractivity contribution in [3.8, 4) is 11.6 Å². The number of amides is 1. The summed E-state index contributed by atoms with van der Waals surface area (Å²) in [5.41, 5.74) is 0. The maximum absolute atomic E-state index is 12.5. The molecule has 2 aromatic rings. The summed E-state index contributed by atoms with van der Waals surface area (Å²) in [4.78, 5) is 14.1. The Morgan fingerprint density at radius 1 is 1.44 bits per heavy atom. The zero-order chi connectivity index (χ0) is 19.6. The van der Waals surface area contributed by atoms with Crippen LogP contribution in [0.15, 0.2) is 28.0 Å². The molecule has 10 heteroatoms. The van der Waals surface area contributed by atoms with Crippen molar-refractivity contribution in [1.82, 2.24) is 19.7 Å². The summed E-state index contributed by atoms with van der Waals surface area (Å²) in [6, 6.07) is 3.38. The van der Waals surface area contributed by atoms with Crippen LogP contribution >= 0.6 is 11.8 Å². The highest BCUT2D eigenvalue weighted by atomic mass is 32.2. The van der Waals surface area contributed by atoms with E-state index in [4.69, 9.17) is 4.42 Å². The van der Waals surface area contributed by atoms with E-state index in [0.29, 0.717) is 35.6 Å². The summed E-state index contributed by atoms with van der Waals surface area (Å²) in [7, 11) is -1.35. The normalized spacial score (nSPS) is 18.9. The molecule has 0 saturated carbocycles. The smallest absolute Gasteiger partial charge is 0.233 e. The van der Waals surface area contributed by atoms with E-state index in [1.54, 1.807) is 24.3 Å². The summed E-state index contributed by atoms with van der Waals surface area (Å²) < 4.78 is 30.7. The minimum atomic E-state index is -3.02. The van der Waals surface area contributed by atoms with Gasteiger partial charge in [-0.2, -0.15) is 0 Å². The van der Waals surface area contributed by atoms with Gasteiger partial charge in [0.25, 0.3) is 0 Å². The Labute approximate surface area is 163 Å². The number of carbonyl (C=O) groups is 1. The van der Waals surface area contributed by atoms with Gasteiger partial charge in [-0.25, -0.2) is 8.42 Å². The first kappa shape index (κ1) is 19.9. The predicted molar refractivity (Wildman–Crippen MR) is 103 cm³/mol. The summed E-state index contributed by atoms with van der Waals surface area (Å²) in [6.45, 7) is 4.90. The lowest BCUT2D eigenvalue weighted by Crippen LogP contribution is -2.38. The van der Waals surface area contributed by atoms with Crippen LogP contribution in [0, 0.1) is 5.92 Å². The molecule has 3 heterocycles. The molecule has 0 spiro atoms. The molecule has 0 radical (unpaired) electrons. The third kappa shape index (κ3) is 4.73. The van der Waals surface area contributed by atoms with E-state index in [9.17, 15) is 13.2 Å². The van der Waals surface area contributed by atoms with Gasteiger partial charge in [-0.3, -0.25) is 9.36 Å². The fraction of sp³-hybridized carbons (Fsp3) is 0.588. The molecule has 1 atom stereocenters. The second-order valence-corrected chi connectivity index (χ2v) is 10.3. The quantitative estimate of drug-likeness (QED) is 0.641. The second kappa shape index (κ2) is 8.05. The monoisotopic (exact) mass is 412 g/mol. The van der Waals surface area contributed by atoms with Crippen LogP contribution in [-0.4, -0.2) is 64.3 Å². The number of hydrogen-bond donors (Lipinski definition) is 0. The Kier molecular flexibility index (Phi) is 5.95. The van der Waals surface area contributed by atoms with E-state index in [-0.39, 0.29) is 29.2 Å². The zero-order valence-corrected chi connectivity index (χ0v) is 17.3. The second-order valence-electron chi connectivity index (χ2n) is 7.14. The topological polar surface area (TPSA) is 98.3 Å². The lowest BCUT2D eigenvalue weighted by atomic mass is 10.2. The molecule has 1 aliphatic heterocycles. The van der Waals surface area contributed by atoms with Crippen LogP contribution in [-0.2, 0) is 21.2 Å². The molecule has 27 heavy (non-hydrogen) atoms. The maximum atomic E-state index is 12.5. The molecule has 0 aliphatic carbocycles. The average molecular weight is 413 g/mol. The van der Waals surface area contributed by atoms with Gasteiger partial charge < -0.3 is 9.32 Å². The van der Waals surface area contributed by atoms with Crippen LogP contribution in [0.1, 0.15) is 20.3 Å². The Morgan fingerprint density at radius 3 is 2.81 bits per heavy atom. The molecule has 1 amide bonds. The fourth-order valence-electron chi connectivity index (χ4n) is 3.03. The molecule has 0 aromatic carbocycles. The standard InChI is InChI=1S/C17H24N4O4S2/c1-12(2)9-21-16(14-5-4-7-25-14)18-19-17(21)26-10-15(22)20(3)13-6-8-27(23,24)11-13/h4-5,7,12-13H,6,8-11H2,1-3H3/t13-/m0/s1. The number of sulfone groups is 1. The van der Waals surface area contributed by atoms with Gasteiger partial charge in [0.15, 0.2) is 26.6 Å². The molecule has 0 N–H and O–H groups in total. The van der Waals surface area contributed by atoms with Gasteiger partial charge in [0.05, 0.1) is 23.5 Å². The Hall–Kier alpha value is -1.81. The molecule has 0 unspecified atom stereocenters. The van der Waals surface area contributed by atoms with Crippen molar-refractivity contribution in [3.05, 3.63) is 18.4 Å². The van der Waals surface area contributed by atoms with E-state index >= 15 is 0 Å². The number of carbonyl (C=O) groups excluding carboxylic acids is 1. The van der Waals surface area contributed by atoms with Crippen molar-refractivity contribution in [1.29, 1.82) is 0 Å². The first-order chi connectivity index (χ1) is 12.8. The first-order valence-corrected chi connectivity index (χ1v) is 11.6. The summed E-state index contributed by atoms with van der Waals surface area (Å²) >= 11 is 1.31. The van der Waals surface area contributed by atoms with Gasteiger partial charge in [0, 0.05) is 19.6 Å². The highest BCUT2D eigenvalue weighted by Gasteiger charge is 2.32. The number of hydrogen-bond acceptors (Lipinski definition) is 7. The Balaban J connectivity index is 1.69. The molecule has 3 rings (SSSR count). The minimum Gasteiger partial charge on any atom is -0.461 e. The number of furan rings is 1. The molecule has 1 aliphatic rings. The van der Waals surface area contributed by atoms with Crippen molar-refractivity contribution in [2.24, 2.45) is 5.92 Å². The maximum Gasteiger partial charge on any atom is 0.233 e. The van der Waals surface area contributed by atoms with E-state index < -0.39 is 9.84 Å². The van der Waals surface area contributed by atoms with Gasteiger partial charge in [0.2, 0.25) is 5.91 Å². The van der Waals surface area contributed by atoms with Crippen molar-refractivity contribution in [2.45, 2.75) is 38.0 Å². The van der Waals surface area contributed by atoms with Crippen molar-refractivity contribution < 1.29 is 17.6 Å². The van der Waals surface area contributed by atoms with Crippen LogP contribution in [0.3, 0.4) is 0 Å². The lowest BCUT2D eigenvalue weighted by Gasteiger charge is -2.23. The average Bonchev–Trinajstić information content (AvgIpc) is 3.31. The number of aromatic nitrogens is 3. The molecule has 1 saturated heterocycles. The SMILES string of the molecule is CC(C)Cn1c(SCC(=O)N(C)[C@H]2CCS(=O)(=O)C2)nnc1-c1ccco1. The summed E-state index contributed by atoms with van der Waals surface area (Å²) in [5.74, 6) is 1.91. The van der Waals surface area contributed by atoms with Crippen LogP contribution in [0.4, 0.5) is 0 Å². The van der Waals surface area contributed by atoms with Crippen molar-refractivity contribution >= 4 is 27.5 Å². The number of rotatable bonds is 7. The highest BCUT2D eigenvalue weighted by Crippen LogP contribution is 2.26. The summed E-state index contributed by atoms with van der Waals surface area (Å²) in [5, 5.41) is 9.10. The van der Waals surface area contributed by atoms with Crippen LogP contribution in [0.2, 0.25) is 0 Å². The van der Waals surface area contributed by atoms with Gasteiger partial charge in [0.1, 0.15) is 0 Å². The van der Waals surface area contributed by atoms with Crippen LogP contribution < -0.4 is 0 Å². The molecule has 8 nitrogen and oxygen atoms in total. The van der Waals surface area contributed by atoms with Gasteiger partial charge in [-0.1, -0.05) is 25.6 Å². The molecule has 1 fully saturated rings. The molecular weight excluding hydrogens is 388 g/mol. The molecule has 2 aromatic heterocycles. The van der Waals surface area contributed by atoms with Crippen LogP contribution in [0.5, 0.6) is 0 Å². The summed E-state index contributed by atoms with van der Waals surface area (Å²) in [6.07, 6.45) is 2.09. The Morgan fingerprint density at radius 2 is 2.22 bits per heavy atom. The lowest BCUT2D eigenvalue weighted by molar-refractivity contribution is -0.128. The fourth-order valence-corrected chi connectivity index (χ4v) is 5.67. The molecule has 0 bridgehead atoms. The number of thioether (sulfide) groups is 1. The molecular formula is C17H24N4O4S2. The van der Waals surface area contributed by atoms with Crippen LogP contribution in [0.25, 0.3) is 11.6 Å². The number of nitrogens with zero attached hydrogens (tertiary/aromatic N) is 4. The largest absolute Gasteiger partial charge is 0.461 e. The van der Waals surface area contributed by atoms with Crippen molar-refractivity contribution in [3.63, 3.8) is 0 Å². The van der Waals surface area contributed by atoms with Gasteiger partial charge in [-0.15, -0.1) is 10.2 Å². The molecule has 148 valence electrons. The predicted octanol–water partition coefficient (Wildman–Crippen LogP) is 1.93. The van der Waals surface area contributed by atoms with E-state index in [2.05, 4.69) is 24.0 Å². The third-order valence-electron chi connectivity index (χ3n) is 4.48. The first-order valence-electron chi connectivity index (χ1n) is 8.83. The minimum absolute atomic E-state index is 0.0477. The van der Waals surface area contributed by atoms with Gasteiger partial charge >= 0.3 is 0 Å². The van der Waals surface area contributed by atoms with E-state index in [1.165, 1.54) is 11.8 Å². The van der Waals surface area contributed by atoms with Crippen molar-refractivity contribution in [2.75, 3.05) is 24.3 Å².